The van der Waals surface area contributed by atoms with Gasteiger partial charge >= 0.3 is 12.2 Å². The van der Waals surface area contributed by atoms with Crippen LogP contribution in [0.2, 0.25) is 0 Å². The maximum absolute atomic E-state index is 13.8. The number of amides is 3. The SMILES string of the molecule is O=C(Nc1ccc(C(F)(F)F)cc1)N1CCN(C(=O)c2cc(-c3c[nH]c4ccc(Br)cc34)nc3ccccc23)CC1. The van der Waals surface area contributed by atoms with E-state index in [1.54, 1.807) is 9.80 Å². The average molecular weight is 622 g/mol. The van der Waals surface area contributed by atoms with Crippen LogP contribution in [0.3, 0.4) is 0 Å². The zero-order chi connectivity index (χ0) is 28.7. The molecular formula is C30H23BrF3N5O2. The molecular weight excluding hydrogens is 599 g/mol. The van der Waals surface area contributed by atoms with E-state index in [1.165, 1.54) is 12.1 Å². The van der Waals surface area contributed by atoms with Gasteiger partial charge in [-0.25, -0.2) is 9.78 Å². The zero-order valence-electron chi connectivity index (χ0n) is 21.5. The number of aromatic nitrogens is 2. The largest absolute Gasteiger partial charge is 0.416 e. The van der Waals surface area contributed by atoms with Gasteiger partial charge in [0.2, 0.25) is 0 Å². The fraction of sp³-hybridized carbons (Fsp3) is 0.167. The molecule has 3 heterocycles. The summed E-state index contributed by atoms with van der Waals surface area (Å²) < 4.78 is 39.4. The molecule has 0 unspecified atom stereocenters. The van der Waals surface area contributed by atoms with E-state index in [9.17, 15) is 22.8 Å². The number of piperazine rings is 1. The quantitative estimate of drug-likeness (QED) is 0.224. The number of nitrogens with zero attached hydrogens (tertiary/aromatic N) is 3. The summed E-state index contributed by atoms with van der Waals surface area (Å²) in [5, 5.41) is 4.35. The van der Waals surface area contributed by atoms with Gasteiger partial charge in [-0.05, 0) is 54.6 Å². The highest BCUT2D eigenvalue weighted by Crippen LogP contribution is 2.33. The molecule has 1 aliphatic heterocycles. The molecule has 2 aromatic heterocycles. The molecule has 1 aliphatic rings. The van der Waals surface area contributed by atoms with Crippen molar-refractivity contribution < 1.29 is 22.8 Å². The summed E-state index contributed by atoms with van der Waals surface area (Å²) in [6, 6.07) is 19.1. The number of nitrogens with one attached hydrogen (secondary N) is 2. The molecule has 1 saturated heterocycles. The Balaban J connectivity index is 1.20. The van der Waals surface area contributed by atoms with Crippen LogP contribution in [-0.4, -0.2) is 57.9 Å². The summed E-state index contributed by atoms with van der Waals surface area (Å²) in [7, 11) is 0. The van der Waals surface area contributed by atoms with Crippen LogP contribution in [-0.2, 0) is 6.18 Å². The van der Waals surface area contributed by atoms with Crippen LogP contribution in [0.15, 0.2) is 83.5 Å². The first-order chi connectivity index (χ1) is 19.7. The van der Waals surface area contributed by atoms with E-state index >= 15 is 0 Å². The number of carbonyl (C=O) groups excluding carboxylic acids is 2. The van der Waals surface area contributed by atoms with E-state index in [-0.39, 0.29) is 24.7 Å². The average Bonchev–Trinajstić information content (AvgIpc) is 3.39. The van der Waals surface area contributed by atoms with Gasteiger partial charge in [0, 0.05) is 64.4 Å². The number of hydrogen-bond donors (Lipinski definition) is 2. The molecule has 1 fully saturated rings. The van der Waals surface area contributed by atoms with E-state index < -0.39 is 17.8 Å². The van der Waals surface area contributed by atoms with Gasteiger partial charge in [0.1, 0.15) is 0 Å². The number of hydrogen-bond acceptors (Lipinski definition) is 3. The summed E-state index contributed by atoms with van der Waals surface area (Å²) in [6.45, 7) is 1.19. The van der Waals surface area contributed by atoms with E-state index in [1.807, 2.05) is 54.7 Å². The smallest absolute Gasteiger partial charge is 0.360 e. The molecule has 5 aromatic rings. The van der Waals surface area contributed by atoms with Crippen molar-refractivity contribution in [2.75, 3.05) is 31.5 Å². The molecule has 0 saturated carbocycles. The number of alkyl halides is 3. The van der Waals surface area contributed by atoms with Gasteiger partial charge in [-0.15, -0.1) is 0 Å². The maximum Gasteiger partial charge on any atom is 0.416 e. The van der Waals surface area contributed by atoms with Crippen LogP contribution in [0.25, 0.3) is 33.1 Å². The number of carbonyl (C=O) groups is 2. The van der Waals surface area contributed by atoms with E-state index in [0.29, 0.717) is 29.9 Å². The number of H-pyrrole nitrogens is 1. The molecule has 0 atom stereocenters. The predicted molar refractivity (Wildman–Crippen MR) is 155 cm³/mol. The lowest BCUT2D eigenvalue weighted by Crippen LogP contribution is -2.51. The van der Waals surface area contributed by atoms with Crippen LogP contribution in [0.5, 0.6) is 0 Å². The van der Waals surface area contributed by atoms with Gasteiger partial charge in [-0.2, -0.15) is 13.2 Å². The standard InChI is InChI=1S/C30H23BrF3N5O2/c31-19-7-10-25-22(15-19)24(17-35-25)27-16-23(21-3-1-2-4-26(21)37-27)28(40)38-11-13-39(14-12-38)29(41)36-20-8-5-18(6-9-20)30(32,33)34/h1-10,15-17,35H,11-14H2,(H,36,41). The van der Waals surface area contributed by atoms with Gasteiger partial charge in [-0.1, -0.05) is 34.1 Å². The first-order valence-electron chi connectivity index (χ1n) is 12.9. The van der Waals surface area contributed by atoms with Crippen molar-refractivity contribution in [3.63, 3.8) is 0 Å². The number of halogens is 4. The van der Waals surface area contributed by atoms with E-state index in [4.69, 9.17) is 4.98 Å². The number of rotatable bonds is 3. The van der Waals surface area contributed by atoms with Gasteiger partial charge < -0.3 is 20.1 Å². The Morgan fingerprint density at radius 3 is 2.32 bits per heavy atom. The summed E-state index contributed by atoms with van der Waals surface area (Å²) in [6.07, 6.45) is -2.56. The number of pyridine rings is 1. The van der Waals surface area contributed by atoms with Crippen LogP contribution in [0.4, 0.5) is 23.7 Å². The summed E-state index contributed by atoms with van der Waals surface area (Å²) >= 11 is 3.53. The van der Waals surface area contributed by atoms with Crippen molar-refractivity contribution in [3.05, 3.63) is 94.6 Å². The van der Waals surface area contributed by atoms with Crippen molar-refractivity contribution in [1.82, 2.24) is 19.8 Å². The highest BCUT2D eigenvalue weighted by Gasteiger charge is 2.30. The van der Waals surface area contributed by atoms with Crippen LogP contribution < -0.4 is 5.32 Å². The molecule has 0 aliphatic carbocycles. The number of aromatic amines is 1. The lowest BCUT2D eigenvalue weighted by molar-refractivity contribution is -0.137. The monoisotopic (exact) mass is 621 g/mol. The molecule has 6 rings (SSSR count). The van der Waals surface area contributed by atoms with Crippen LogP contribution in [0.1, 0.15) is 15.9 Å². The Morgan fingerprint density at radius 1 is 0.878 bits per heavy atom. The van der Waals surface area contributed by atoms with Crippen molar-refractivity contribution >= 4 is 55.4 Å². The second kappa shape index (κ2) is 10.5. The molecule has 0 spiro atoms. The fourth-order valence-electron chi connectivity index (χ4n) is 5.02. The predicted octanol–water partition coefficient (Wildman–Crippen LogP) is 7.15. The number of anilines is 1. The molecule has 41 heavy (non-hydrogen) atoms. The van der Waals surface area contributed by atoms with E-state index in [0.717, 1.165) is 38.5 Å². The van der Waals surface area contributed by atoms with Gasteiger partial charge in [0.05, 0.1) is 22.3 Å². The number of benzene rings is 3. The highest BCUT2D eigenvalue weighted by atomic mass is 79.9. The molecule has 2 N–H and O–H groups in total. The zero-order valence-corrected chi connectivity index (χ0v) is 23.1. The van der Waals surface area contributed by atoms with Crippen molar-refractivity contribution in [2.45, 2.75) is 6.18 Å². The van der Waals surface area contributed by atoms with Gasteiger partial charge in [0.15, 0.2) is 0 Å². The summed E-state index contributed by atoms with van der Waals surface area (Å²) in [5.41, 5.74) is 3.21. The third-order valence-electron chi connectivity index (χ3n) is 7.18. The summed E-state index contributed by atoms with van der Waals surface area (Å²) in [4.78, 5) is 37.9. The van der Waals surface area contributed by atoms with Crippen molar-refractivity contribution in [2.24, 2.45) is 0 Å². The minimum Gasteiger partial charge on any atom is -0.360 e. The number of para-hydroxylation sites is 1. The minimum atomic E-state index is -4.45. The molecule has 0 bridgehead atoms. The van der Waals surface area contributed by atoms with Crippen molar-refractivity contribution in [3.8, 4) is 11.3 Å². The number of urea groups is 1. The molecule has 7 nitrogen and oxygen atoms in total. The normalized spacial score (nSPS) is 14.0. The molecule has 3 aromatic carbocycles. The first-order valence-corrected chi connectivity index (χ1v) is 13.7. The fourth-order valence-corrected chi connectivity index (χ4v) is 5.38. The van der Waals surface area contributed by atoms with E-state index in [2.05, 4.69) is 26.2 Å². The Kier molecular flexibility index (Phi) is 6.90. The second-order valence-corrected chi connectivity index (χ2v) is 10.7. The second-order valence-electron chi connectivity index (χ2n) is 9.75. The van der Waals surface area contributed by atoms with Gasteiger partial charge in [0.25, 0.3) is 5.91 Å². The third-order valence-corrected chi connectivity index (χ3v) is 7.68. The lowest BCUT2D eigenvalue weighted by atomic mass is 10.0. The van der Waals surface area contributed by atoms with Gasteiger partial charge in [-0.3, -0.25) is 4.79 Å². The molecule has 3 amide bonds. The molecule has 208 valence electrons. The Morgan fingerprint density at radius 2 is 1.59 bits per heavy atom. The third kappa shape index (κ3) is 5.37. The minimum absolute atomic E-state index is 0.159. The Labute approximate surface area is 241 Å². The van der Waals surface area contributed by atoms with Crippen LogP contribution in [0, 0.1) is 0 Å². The highest BCUT2D eigenvalue weighted by molar-refractivity contribution is 9.10. The topological polar surface area (TPSA) is 81.3 Å². The Hall–Kier alpha value is -4.38. The van der Waals surface area contributed by atoms with Crippen molar-refractivity contribution in [1.29, 1.82) is 0 Å². The molecule has 0 radical (unpaired) electrons. The number of fused-ring (bicyclic) bond motifs is 2. The lowest BCUT2D eigenvalue weighted by Gasteiger charge is -2.35. The summed E-state index contributed by atoms with van der Waals surface area (Å²) in [5.74, 6) is -0.159. The van der Waals surface area contributed by atoms with Crippen LogP contribution >= 0.6 is 15.9 Å². The maximum atomic E-state index is 13.8. The molecule has 11 heteroatoms. The first kappa shape index (κ1) is 26.8. The Bertz CT molecular complexity index is 1780.